The van der Waals surface area contributed by atoms with E-state index in [0.29, 0.717) is 29.4 Å². The number of ether oxygens (including phenoxy) is 1. The van der Waals surface area contributed by atoms with E-state index in [9.17, 15) is 14.7 Å². The Morgan fingerprint density at radius 3 is 2.69 bits per heavy atom. The average molecular weight is 434 g/mol. The van der Waals surface area contributed by atoms with Crippen LogP contribution in [0.5, 0.6) is 5.75 Å². The lowest BCUT2D eigenvalue weighted by molar-refractivity contribution is 0.0688. The summed E-state index contributed by atoms with van der Waals surface area (Å²) < 4.78 is 7.91. The van der Waals surface area contributed by atoms with E-state index in [2.05, 4.69) is 15.4 Å². The minimum Gasteiger partial charge on any atom is -0.497 e. The van der Waals surface area contributed by atoms with Crippen molar-refractivity contribution in [3.8, 4) is 5.75 Å². The van der Waals surface area contributed by atoms with E-state index < -0.39 is 5.97 Å². The normalized spacial score (nSPS) is 10.8. The molecule has 0 radical (unpaired) electrons. The number of imidazole rings is 1. The van der Waals surface area contributed by atoms with Crippen molar-refractivity contribution in [2.24, 2.45) is 7.05 Å². The van der Waals surface area contributed by atoms with Gasteiger partial charge in [-0.25, -0.2) is 14.3 Å². The Morgan fingerprint density at radius 2 is 2.00 bits per heavy atom. The van der Waals surface area contributed by atoms with Crippen LogP contribution in [0.1, 0.15) is 16.1 Å². The highest BCUT2D eigenvalue weighted by Gasteiger charge is 2.19. The number of hydrogen-bond acceptors (Lipinski definition) is 7. The third-order valence-corrected chi connectivity index (χ3v) is 5.04. The minimum absolute atomic E-state index is 0.0799. The quantitative estimate of drug-likeness (QED) is 0.456. The minimum atomic E-state index is -1.15. The molecule has 164 valence electrons. The lowest BCUT2D eigenvalue weighted by Gasteiger charge is -2.21. The molecule has 10 heteroatoms. The number of aromatic carboxylic acids is 1. The summed E-state index contributed by atoms with van der Waals surface area (Å²) in [6.45, 7) is 0.533. The molecule has 0 atom stereocenters. The molecule has 0 fully saturated rings. The Bertz CT molecular complexity index is 1340. The average Bonchev–Trinajstić information content (AvgIpc) is 3.21. The van der Waals surface area contributed by atoms with Crippen LogP contribution in [-0.4, -0.2) is 44.4 Å². The summed E-state index contributed by atoms with van der Waals surface area (Å²) >= 11 is 0. The molecule has 3 aromatic heterocycles. The van der Waals surface area contributed by atoms with Crippen LogP contribution >= 0.6 is 0 Å². The second-order valence-corrected chi connectivity index (χ2v) is 7.27. The van der Waals surface area contributed by atoms with Crippen molar-refractivity contribution in [1.82, 2.24) is 19.2 Å². The van der Waals surface area contributed by atoms with Crippen molar-refractivity contribution in [2.45, 2.75) is 6.54 Å². The molecule has 0 unspecified atom stereocenters. The Kier molecular flexibility index (Phi) is 5.50. The molecular formula is C22H22N6O4. The molecule has 0 amide bonds. The Morgan fingerprint density at radius 1 is 1.25 bits per heavy atom. The van der Waals surface area contributed by atoms with Crippen molar-refractivity contribution in [1.29, 1.82) is 0 Å². The van der Waals surface area contributed by atoms with Gasteiger partial charge in [-0.05, 0) is 29.8 Å². The smallest absolute Gasteiger partial charge is 0.356 e. The van der Waals surface area contributed by atoms with Crippen LogP contribution in [0.3, 0.4) is 0 Å². The van der Waals surface area contributed by atoms with Crippen LogP contribution in [0.4, 0.5) is 17.2 Å². The van der Waals surface area contributed by atoms with E-state index in [1.807, 2.05) is 36.2 Å². The second kappa shape index (κ2) is 8.42. The largest absolute Gasteiger partial charge is 0.497 e. The number of carboxylic acids is 1. The standard InChI is InChI=1S/C22H22N6O4/c1-26-10-4-5-16(21(26)29)24-19-11-17(20-23-12-18(22(30)31)28(20)25-19)27(2)13-14-6-8-15(32-3)9-7-14/h4-12H,13H2,1-3H3,(H,24,25)(H,30,31). The van der Waals surface area contributed by atoms with Crippen LogP contribution in [-0.2, 0) is 13.6 Å². The number of carboxylic acid groups (broad SMARTS) is 1. The molecule has 0 aliphatic rings. The van der Waals surface area contributed by atoms with Crippen molar-refractivity contribution in [3.05, 3.63) is 76.5 Å². The van der Waals surface area contributed by atoms with Crippen molar-refractivity contribution < 1.29 is 14.6 Å². The van der Waals surface area contributed by atoms with Gasteiger partial charge in [0.25, 0.3) is 5.56 Å². The predicted octanol–water partition coefficient (Wildman–Crippen LogP) is 2.51. The maximum absolute atomic E-state index is 12.4. The van der Waals surface area contributed by atoms with E-state index in [1.54, 1.807) is 38.6 Å². The van der Waals surface area contributed by atoms with Gasteiger partial charge >= 0.3 is 5.97 Å². The lowest BCUT2D eigenvalue weighted by Crippen LogP contribution is -2.21. The zero-order valence-corrected chi connectivity index (χ0v) is 17.8. The number of hydrogen-bond donors (Lipinski definition) is 2. The van der Waals surface area contributed by atoms with Crippen molar-refractivity contribution in [2.75, 3.05) is 24.4 Å². The fourth-order valence-electron chi connectivity index (χ4n) is 3.36. The van der Waals surface area contributed by atoms with Gasteiger partial charge in [0.1, 0.15) is 11.4 Å². The van der Waals surface area contributed by atoms with Gasteiger partial charge in [0.15, 0.2) is 17.2 Å². The predicted molar refractivity (Wildman–Crippen MR) is 120 cm³/mol. The van der Waals surface area contributed by atoms with Gasteiger partial charge in [0.05, 0.1) is 19.0 Å². The van der Waals surface area contributed by atoms with Gasteiger partial charge in [0, 0.05) is 32.9 Å². The molecule has 0 aliphatic carbocycles. The number of aromatic nitrogens is 4. The summed E-state index contributed by atoms with van der Waals surface area (Å²) in [6, 6.07) is 12.8. The van der Waals surface area contributed by atoms with Gasteiger partial charge in [-0.1, -0.05) is 12.1 Å². The number of nitrogens with zero attached hydrogens (tertiary/aromatic N) is 5. The third-order valence-electron chi connectivity index (χ3n) is 5.04. The molecule has 4 rings (SSSR count). The number of carbonyl (C=O) groups is 1. The number of aryl methyl sites for hydroxylation is 1. The molecule has 32 heavy (non-hydrogen) atoms. The molecule has 0 bridgehead atoms. The zero-order chi connectivity index (χ0) is 22.8. The summed E-state index contributed by atoms with van der Waals surface area (Å²) in [7, 11) is 5.14. The monoisotopic (exact) mass is 434 g/mol. The number of methoxy groups -OCH3 is 1. The van der Waals surface area contributed by atoms with Crippen molar-refractivity contribution in [3.63, 3.8) is 0 Å². The maximum Gasteiger partial charge on any atom is 0.356 e. The Hall–Kier alpha value is -4.34. The molecule has 0 spiro atoms. The molecule has 3 heterocycles. The highest BCUT2D eigenvalue weighted by atomic mass is 16.5. The summed E-state index contributed by atoms with van der Waals surface area (Å²) in [5, 5.41) is 16.9. The molecule has 0 saturated carbocycles. The van der Waals surface area contributed by atoms with E-state index >= 15 is 0 Å². The van der Waals surface area contributed by atoms with Gasteiger partial charge < -0.3 is 24.6 Å². The first kappa shape index (κ1) is 20.9. The molecule has 2 N–H and O–H groups in total. The van der Waals surface area contributed by atoms with E-state index in [1.165, 1.54) is 15.3 Å². The highest BCUT2D eigenvalue weighted by Crippen LogP contribution is 2.26. The highest BCUT2D eigenvalue weighted by molar-refractivity contribution is 5.88. The Balaban J connectivity index is 1.76. The summed E-state index contributed by atoms with van der Waals surface area (Å²) in [6.07, 6.45) is 2.91. The van der Waals surface area contributed by atoms with Crippen LogP contribution in [0.15, 0.2) is 59.7 Å². The number of rotatable bonds is 7. The van der Waals surface area contributed by atoms with Crippen molar-refractivity contribution >= 4 is 28.8 Å². The van der Waals surface area contributed by atoms with Gasteiger partial charge in [-0.3, -0.25) is 4.79 Å². The van der Waals surface area contributed by atoms with Gasteiger partial charge in [-0.15, -0.1) is 5.10 Å². The van der Waals surface area contributed by atoms with E-state index in [4.69, 9.17) is 4.74 Å². The SMILES string of the molecule is COc1ccc(CN(C)c2cc(Nc3cccn(C)c3=O)nn3c(C(=O)O)cnc23)cc1. The fourth-order valence-corrected chi connectivity index (χ4v) is 3.36. The van der Waals surface area contributed by atoms with Crippen LogP contribution < -0.4 is 20.5 Å². The number of anilines is 3. The maximum atomic E-state index is 12.4. The fraction of sp³-hybridized carbons (Fsp3) is 0.182. The summed E-state index contributed by atoms with van der Waals surface area (Å²) in [5.41, 5.74) is 2.08. The van der Waals surface area contributed by atoms with Gasteiger partial charge in [-0.2, -0.15) is 0 Å². The summed E-state index contributed by atoms with van der Waals surface area (Å²) in [4.78, 5) is 30.3. The molecule has 0 aliphatic heterocycles. The number of fused-ring (bicyclic) bond motifs is 1. The molecule has 10 nitrogen and oxygen atoms in total. The molecular weight excluding hydrogens is 412 g/mol. The molecule has 4 aromatic rings. The first-order valence-electron chi connectivity index (χ1n) is 9.76. The second-order valence-electron chi connectivity index (χ2n) is 7.27. The van der Waals surface area contributed by atoms with Crippen LogP contribution in [0.25, 0.3) is 5.65 Å². The van der Waals surface area contributed by atoms with Crippen LogP contribution in [0, 0.1) is 0 Å². The topological polar surface area (TPSA) is 114 Å². The van der Waals surface area contributed by atoms with Gasteiger partial charge in [0.2, 0.25) is 0 Å². The number of pyridine rings is 1. The van der Waals surface area contributed by atoms with E-state index in [0.717, 1.165) is 11.3 Å². The zero-order valence-electron chi connectivity index (χ0n) is 17.8. The molecule has 1 aromatic carbocycles. The Labute approximate surface area is 183 Å². The first-order valence-corrected chi connectivity index (χ1v) is 9.76. The first-order chi connectivity index (χ1) is 15.4. The lowest BCUT2D eigenvalue weighted by atomic mass is 10.2. The van der Waals surface area contributed by atoms with E-state index in [-0.39, 0.29) is 11.3 Å². The number of nitrogens with one attached hydrogen (secondary N) is 1. The third kappa shape index (κ3) is 3.97. The number of benzene rings is 1. The molecule has 0 saturated heterocycles. The van der Waals surface area contributed by atoms with Crippen LogP contribution in [0.2, 0.25) is 0 Å². The summed E-state index contributed by atoms with van der Waals surface area (Å²) in [5.74, 6) is -0.0718.